The predicted molar refractivity (Wildman–Crippen MR) is 128 cm³/mol. The van der Waals surface area contributed by atoms with Gasteiger partial charge in [-0.25, -0.2) is 0 Å². The van der Waals surface area contributed by atoms with Crippen LogP contribution < -0.4 is 17.0 Å². The highest BCUT2D eigenvalue weighted by molar-refractivity contribution is 5.83. The first-order valence-electron chi connectivity index (χ1n) is 12.8. The number of quaternary nitrogens is 1. The Morgan fingerprint density at radius 1 is 0.879 bits per heavy atom. The molecule has 0 unspecified atom stereocenters. The van der Waals surface area contributed by atoms with Crippen molar-refractivity contribution in [3.63, 3.8) is 0 Å². The molecule has 3 aliphatic heterocycles. The van der Waals surface area contributed by atoms with Crippen molar-refractivity contribution in [2.45, 2.75) is 69.3 Å². The van der Waals surface area contributed by atoms with E-state index in [4.69, 9.17) is 4.74 Å². The molecule has 1 atom stereocenters. The van der Waals surface area contributed by atoms with E-state index in [0.717, 1.165) is 49.7 Å². The van der Waals surface area contributed by atoms with E-state index in [2.05, 4.69) is 54.6 Å². The van der Waals surface area contributed by atoms with Gasteiger partial charge in [-0.15, -0.1) is 0 Å². The molecule has 1 saturated carbocycles. The van der Waals surface area contributed by atoms with Gasteiger partial charge in [-0.2, -0.15) is 0 Å². The zero-order chi connectivity index (χ0) is 21.9. The molecule has 2 aromatic carbocycles. The van der Waals surface area contributed by atoms with Gasteiger partial charge in [0, 0.05) is 25.2 Å². The van der Waals surface area contributed by atoms with Crippen molar-refractivity contribution < 1.29 is 31.0 Å². The number of nitrogens with zero attached hydrogens (tertiary/aromatic N) is 1. The normalized spacial score (nSPS) is 28.4. The maximum atomic E-state index is 13.9. The third-order valence-electron chi connectivity index (χ3n) is 8.69. The van der Waals surface area contributed by atoms with Crippen LogP contribution in [0.25, 0.3) is 0 Å². The number of rotatable bonds is 6. The number of esters is 1. The first kappa shape index (κ1) is 24.5. The van der Waals surface area contributed by atoms with Crippen molar-refractivity contribution in [3.05, 3.63) is 71.8 Å². The third kappa shape index (κ3) is 5.22. The summed E-state index contributed by atoms with van der Waals surface area (Å²) in [7, 11) is 0. The molecule has 0 spiro atoms. The summed E-state index contributed by atoms with van der Waals surface area (Å²) in [4.78, 5) is 13.9. The molecule has 4 heteroatoms. The molecular formula is C29H38BrNO2. The average Bonchev–Trinajstić information content (AvgIpc) is 3.12. The first-order chi connectivity index (χ1) is 15.7. The summed E-state index contributed by atoms with van der Waals surface area (Å²) in [5.41, 5.74) is 2.14. The Hall–Kier alpha value is -1.65. The van der Waals surface area contributed by atoms with Gasteiger partial charge in [0.25, 0.3) is 0 Å². The molecule has 0 amide bonds. The summed E-state index contributed by atoms with van der Waals surface area (Å²) in [6.45, 7) is 4.66. The van der Waals surface area contributed by atoms with Gasteiger partial charge in [-0.1, -0.05) is 86.3 Å². The SMILES string of the molecule is O=C(O[C@H]1C[N+]2(CCc3ccccc3)CCC1CC2)C1(c2ccccc2)CCCCCC1.[Br-]. The zero-order valence-corrected chi connectivity index (χ0v) is 21.3. The number of hydrogen-bond acceptors (Lipinski definition) is 2. The molecule has 4 aliphatic rings. The number of halogens is 1. The van der Waals surface area contributed by atoms with Gasteiger partial charge in [-0.05, 0) is 24.0 Å². The Bertz CT molecular complexity index is 884. The maximum Gasteiger partial charge on any atom is 0.317 e. The molecule has 0 aromatic heterocycles. The second-order valence-electron chi connectivity index (χ2n) is 10.6. The van der Waals surface area contributed by atoms with E-state index in [-0.39, 0.29) is 29.1 Å². The van der Waals surface area contributed by atoms with Gasteiger partial charge in [0.2, 0.25) is 0 Å². The molecule has 33 heavy (non-hydrogen) atoms. The van der Waals surface area contributed by atoms with Crippen LogP contribution in [-0.4, -0.2) is 42.7 Å². The molecule has 3 heterocycles. The molecule has 2 aromatic rings. The Kier molecular flexibility index (Phi) is 7.96. The monoisotopic (exact) mass is 511 g/mol. The number of ether oxygens (including phenoxy) is 1. The van der Waals surface area contributed by atoms with E-state index in [1.807, 2.05) is 6.07 Å². The van der Waals surface area contributed by atoms with Gasteiger partial charge in [0.05, 0.1) is 25.0 Å². The highest BCUT2D eigenvalue weighted by Gasteiger charge is 2.50. The van der Waals surface area contributed by atoms with Crippen LogP contribution in [-0.2, 0) is 21.4 Å². The molecule has 3 nitrogen and oxygen atoms in total. The Morgan fingerprint density at radius 3 is 2.12 bits per heavy atom. The molecule has 6 rings (SSSR count). The van der Waals surface area contributed by atoms with E-state index in [1.54, 1.807) is 0 Å². The molecule has 1 aliphatic carbocycles. The minimum absolute atomic E-state index is 0. The number of piperidine rings is 3. The van der Waals surface area contributed by atoms with Crippen LogP contribution in [0.5, 0.6) is 0 Å². The standard InChI is InChI=1S/C29H38NO2.BrH/c31-28(29(18-9-1-2-10-19-29)26-13-7-4-8-14-26)32-27-23-30(21-16-25(27)17-22-30)20-15-24-11-5-3-6-12-24;/h3-8,11-14,25,27H,1-2,9-10,15-23H2;1H/q+1;/p-1/t25?,27-,30?;/m0./s1. The van der Waals surface area contributed by atoms with Crippen LogP contribution in [0.1, 0.15) is 62.5 Å². The van der Waals surface area contributed by atoms with E-state index < -0.39 is 5.41 Å². The predicted octanol–water partition coefficient (Wildman–Crippen LogP) is 2.68. The molecule has 3 saturated heterocycles. The maximum absolute atomic E-state index is 13.9. The molecule has 0 N–H and O–H groups in total. The molecule has 4 fully saturated rings. The third-order valence-corrected chi connectivity index (χ3v) is 8.69. The van der Waals surface area contributed by atoms with Gasteiger partial charge >= 0.3 is 5.97 Å². The number of benzene rings is 2. The van der Waals surface area contributed by atoms with Gasteiger partial charge < -0.3 is 26.2 Å². The number of carbonyl (C=O) groups is 1. The highest BCUT2D eigenvalue weighted by Crippen LogP contribution is 2.42. The van der Waals surface area contributed by atoms with Gasteiger partial charge in [0.1, 0.15) is 6.54 Å². The summed E-state index contributed by atoms with van der Waals surface area (Å²) in [6, 6.07) is 21.3. The van der Waals surface area contributed by atoms with Crippen molar-refractivity contribution in [2.75, 3.05) is 26.2 Å². The molecular weight excluding hydrogens is 474 g/mol. The Labute approximate surface area is 209 Å². The topological polar surface area (TPSA) is 26.3 Å². The summed E-state index contributed by atoms with van der Waals surface area (Å²) >= 11 is 0. The van der Waals surface area contributed by atoms with Gasteiger partial charge in [-0.3, -0.25) is 4.79 Å². The van der Waals surface area contributed by atoms with E-state index in [9.17, 15) is 4.79 Å². The fourth-order valence-electron chi connectivity index (χ4n) is 6.63. The summed E-state index contributed by atoms with van der Waals surface area (Å²) in [5, 5.41) is 0. The lowest BCUT2D eigenvalue weighted by Gasteiger charge is -2.52. The van der Waals surface area contributed by atoms with Crippen LogP contribution in [0.2, 0.25) is 0 Å². The van der Waals surface area contributed by atoms with Gasteiger partial charge in [0.15, 0.2) is 6.10 Å². The number of fused-ring (bicyclic) bond motifs is 3. The Balaban J connectivity index is 0.00000259. The van der Waals surface area contributed by atoms with Crippen molar-refractivity contribution in [2.24, 2.45) is 5.92 Å². The van der Waals surface area contributed by atoms with E-state index >= 15 is 0 Å². The Morgan fingerprint density at radius 2 is 1.48 bits per heavy atom. The quantitative estimate of drug-likeness (QED) is 0.338. The number of carbonyl (C=O) groups excluding carboxylic acids is 1. The largest absolute Gasteiger partial charge is 1.00 e. The minimum Gasteiger partial charge on any atom is -1.00 e. The second-order valence-corrected chi connectivity index (χ2v) is 10.6. The zero-order valence-electron chi connectivity index (χ0n) is 19.8. The highest BCUT2D eigenvalue weighted by atomic mass is 79.9. The number of hydrogen-bond donors (Lipinski definition) is 0. The van der Waals surface area contributed by atoms with E-state index in [0.29, 0.717) is 5.92 Å². The lowest BCUT2D eigenvalue weighted by molar-refractivity contribution is -0.946. The van der Waals surface area contributed by atoms with Crippen LogP contribution in [0.15, 0.2) is 60.7 Å². The fraction of sp³-hybridized carbons (Fsp3) is 0.552. The fourth-order valence-corrected chi connectivity index (χ4v) is 6.63. The van der Waals surface area contributed by atoms with Crippen molar-refractivity contribution >= 4 is 5.97 Å². The van der Waals surface area contributed by atoms with Crippen LogP contribution in [0.4, 0.5) is 0 Å². The molecule has 2 bridgehead atoms. The lowest BCUT2D eigenvalue weighted by Crippen LogP contribution is -3.00. The molecule has 178 valence electrons. The summed E-state index contributed by atoms with van der Waals surface area (Å²) < 4.78 is 7.63. The van der Waals surface area contributed by atoms with Crippen molar-refractivity contribution in [3.8, 4) is 0 Å². The van der Waals surface area contributed by atoms with Crippen molar-refractivity contribution in [1.82, 2.24) is 0 Å². The summed E-state index contributed by atoms with van der Waals surface area (Å²) in [5.74, 6) is 0.611. The first-order valence-corrected chi connectivity index (χ1v) is 12.8. The smallest absolute Gasteiger partial charge is 0.317 e. The lowest BCUT2D eigenvalue weighted by atomic mass is 9.74. The van der Waals surface area contributed by atoms with Crippen molar-refractivity contribution in [1.29, 1.82) is 0 Å². The minimum atomic E-state index is -0.446. The van der Waals surface area contributed by atoms with Crippen LogP contribution in [0, 0.1) is 5.92 Å². The van der Waals surface area contributed by atoms with E-state index in [1.165, 1.54) is 49.9 Å². The van der Waals surface area contributed by atoms with Crippen LogP contribution in [0.3, 0.4) is 0 Å². The summed E-state index contributed by atoms with van der Waals surface area (Å²) in [6.07, 6.45) is 10.2. The second kappa shape index (κ2) is 10.7. The average molecular weight is 513 g/mol. The van der Waals surface area contributed by atoms with Crippen LogP contribution >= 0.6 is 0 Å². The molecule has 0 radical (unpaired) electrons.